The predicted octanol–water partition coefficient (Wildman–Crippen LogP) is -0.942. The van der Waals surface area contributed by atoms with Crippen molar-refractivity contribution in [2.45, 2.75) is 0 Å². The van der Waals surface area contributed by atoms with Crippen molar-refractivity contribution in [1.82, 2.24) is 0 Å². The zero-order chi connectivity index (χ0) is 8.20. The van der Waals surface area contributed by atoms with Gasteiger partial charge in [0, 0.05) is 5.03 Å². The largest absolute Gasteiger partial charge is 1.00 e. The summed E-state index contributed by atoms with van der Waals surface area (Å²) in [6, 6.07) is 0. The van der Waals surface area contributed by atoms with E-state index in [9.17, 15) is 0 Å². The molecule has 11 heavy (non-hydrogen) atoms. The number of allylic oxidation sites excluding steroid dienone is 1. The molecule has 0 saturated carbocycles. The van der Waals surface area contributed by atoms with E-state index in [0.29, 0.717) is 5.88 Å². The Morgan fingerprint density at radius 1 is 1.36 bits per heavy atom. The van der Waals surface area contributed by atoms with Crippen LogP contribution >= 0.6 is 23.2 Å². The molecule has 0 heterocycles. The number of alkyl halides is 1. The summed E-state index contributed by atoms with van der Waals surface area (Å²) >= 11 is 11.2. The SMILES string of the molecule is C[N+](C)(C)C/C=C(/Cl)CCl.[Cl-]. The summed E-state index contributed by atoms with van der Waals surface area (Å²) in [5, 5.41) is 0.731. The normalized spacial score (nSPS) is 12.6. The number of likely N-dealkylation sites (N-methyl/N-ethyl adjacent to an activating group) is 1. The highest BCUT2D eigenvalue weighted by Gasteiger charge is 2.03. The molecule has 0 aliphatic heterocycles. The lowest BCUT2D eigenvalue weighted by molar-refractivity contribution is -0.864. The lowest BCUT2D eigenvalue weighted by atomic mass is 10.4. The molecular formula is C7H14Cl3N. The summed E-state index contributed by atoms with van der Waals surface area (Å²) in [6.07, 6.45) is 1.95. The fraction of sp³-hybridized carbons (Fsp3) is 0.714. The number of rotatable bonds is 3. The third-order valence-electron chi connectivity index (χ3n) is 0.988. The molecule has 0 radical (unpaired) electrons. The molecule has 0 saturated heterocycles. The van der Waals surface area contributed by atoms with Crippen molar-refractivity contribution < 1.29 is 16.9 Å². The average Bonchev–Trinajstić information content (AvgIpc) is 1.81. The molecular weight excluding hydrogens is 204 g/mol. The maximum absolute atomic E-state index is 5.69. The summed E-state index contributed by atoms with van der Waals surface area (Å²) in [4.78, 5) is 0. The maximum Gasteiger partial charge on any atom is 0.0982 e. The summed E-state index contributed by atoms with van der Waals surface area (Å²) in [5.74, 6) is 0.418. The highest BCUT2D eigenvalue weighted by molar-refractivity contribution is 6.35. The van der Waals surface area contributed by atoms with E-state index in [1.165, 1.54) is 0 Å². The van der Waals surface area contributed by atoms with Gasteiger partial charge in [0.1, 0.15) is 0 Å². The Hall–Kier alpha value is 0.570. The summed E-state index contributed by atoms with van der Waals surface area (Å²) < 4.78 is 0.882. The highest BCUT2D eigenvalue weighted by Crippen LogP contribution is 2.04. The lowest BCUT2D eigenvalue weighted by Crippen LogP contribution is -3.00. The van der Waals surface area contributed by atoms with Gasteiger partial charge in [0.2, 0.25) is 0 Å². The van der Waals surface area contributed by atoms with Crippen LogP contribution in [0.4, 0.5) is 0 Å². The zero-order valence-electron chi connectivity index (χ0n) is 7.07. The average molecular weight is 219 g/mol. The molecule has 0 bridgehead atoms. The van der Waals surface area contributed by atoms with Gasteiger partial charge in [-0.05, 0) is 6.08 Å². The van der Waals surface area contributed by atoms with Crippen molar-refractivity contribution in [3.63, 3.8) is 0 Å². The van der Waals surface area contributed by atoms with Gasteiger partial charge in [-0.3, -0.25) is 0 Å². The molecule has 0 aromatic rings. The van der Waals surface area contributed by atoms with Crippen LogP contribution in [-0.4, -0.2) is 38.1 Å². The Labute approximate surface area is 85.0 Å². The molecule has 0 aromatic carbocycles. The van der Waals surface area contributed by atoms with Gasteiger partial charge in [0.25, 0.3) is 0 Å². The monoisotopic (exact) mass is 217 g/mol. The molecule has 0 N–H and O–H groups in total. The quantitative estimate of drug-likeness (QED) is 0.424. The van der Waals surface area contributed by atoms with E-state index in [1.54, 1.807) is 0 Å². The molecule has 0 aliphatic carbocycles. The Morgan fingerprint density at radius 3 is 2.09 bits per heavy atom. The highest BCUT2D eigenvalue weighted by atomic mass is 35.5. The van der Waals surface area contributed by atoms with Crippen LogP contribution in [0.3, 0.4) is 0 Å². The molecule has 0 unspecified atom stereocenters. The predicted molar refractivity (Wildman–Crippen MR) is 47.6 cm³/mol. The van der Waals surface area contributed by atoms with Crippen LogP contribution in [0, 0.1) is 0 Å². The maximum atomic E-state index is 5.69. The van der Waals surface area contributed by atoms with Crippen molar-refractivity contribution in [1.29, 1.82) is 0 Å². The second kappa shape index (κ2) is 6.13. The Kier molecular flexibility index (Phi) is 7.86. The minimum Gasteiger partial charge on any atom is -1.00 e. The standard InChI is InChI=1S/C7H14Cl2N.ClH/c1-10(2,3)5-4-7(9)6-8;/h4H,5-6H2,1-3H3;1H/q+1;/p-1/b7-4+;. The van der Waals surface area contributed by atoms with Crippen LogP contribution in [0.2, 0.25) is 0 Å². The van der Waals surface area contributed by atoms with Crippen LogP contribution < -0.4 is 12.4 Å². The first-order valence-corrected chi connectivity index (χ1v) is 4.08. The number of hydrogen-bond donors (Lipinski definition) is 0. The van der Waals surface area contributed by atoms with Crippen molar-refractivity contribution in [3.8, 4) is 0 Å². The van der Waals surface area contributed by atoms with E-state index >= 15 is 0 Å². The minimum absolute atomic E-state index is 0. The number of hydrogen-bond acceptors (Lipinski definition) is 0. The topological polar surface area (TPSA) is 0 Å². The van der Waals surface area contributed by atoms with Gasteiger partial charge < -0.3 is 16.9 Å². The van der Waals surface area contributed by atoms with Crippen LogP contribution in [0.5, 0.6) is 0 Å². The van der Waals surface area contributed by atoms with Crippen LogP contribution in [0.15, 0.2) is 11.1 Å². The third kappa shape index (κ3) is 10.6. The van der Waals surface area contributed by atoms with Crippen LogP contribution in [0.25, 0.3) is 0 Å². The first kappa shape index (κ1) is 14.1. The molecule has 0 aliphatic rings. The van der Waals surface area contributed by atoms with E-state index in [-0.39, 0.29) is 12.4 Å². The molecule has 4 heteroatoms. The third-order valence-corrected chi connectivity index (χ3v) is 1.70. The van der Waals surface area contributed by atoms with Gasteiger partial charge >= 0.3 is 0 Å². The summed E-state index contributed by atoms with van der Waals surface area (Å²) in [6.45, 7) is 0.922. The first-order chi connectivity index (χ1) is 4.45. The van der Waals surface area contributed by atoms with Crippen LogP contribution in [0.1, 0.15) is 0 Å². The Morgan fingerprint density at radius 2 is 1.82 bits per heavy atom. The van der Waals surface area contributed by atoms with Gasteiger partial charge in [-0.25, -0.2) is 0 Å². The number of quaternary nitrogens is 1. The van der Waals surface area contributed by atoms with Gasteiger partial charge in [0.15, 0.2) is 0 Å². The molecule has 1 nitrogen and oxygen atoms in total. The van der Waals surface area contributed by atoms with E-state index in [2.05, 4.69) is 21.1 Å². The fourth-order valence-corrected chi connectivity index (χ4v) is 0.606. The van der Waals surface area contributed by atoms with Gasteiger partial charge in [-0.15, -0.1) is 11.6 Å². The zero-order valence-corrected chi connectivity index (χ0v) is 9.34. The number of halogens is 3. The molecule has 0 amide bonds. The van der Waals surface area contributed by atoms with E-state index in [0.717, 1.165) is 16.1 Å². The number of nitrogens with zero attached hydrogens (tertiary/aromatic N) is 1. The second-order valence-corrected chi connectivity index (χ2v) is 4.01. The first-order valence-electron chi connectivity index (χ1n) is 3.16. The van der Waals surface area contributed by atoms with E-state index in [1.807, 2.05) is 6.08 Å². The molecule has 68 valence electrons. The minimum atomic E-state index is 0. The lowest BCUT2D eigenvalue weighted by Gasteiger charge is -2.21. The second-order valence-electron chi connectivity index (χ2n) is 3.26. The molecule has 0 aromatic heterocycles. The van der Waals surface area contributed by atoms with Gasteiger partial charge in [-0.2, -0.15) is 0 Å². The Bertz CT molecular complexity index is 126. The van der Waals surface area contributed by atoms with Crippen molar-refractivity contribution >= 4 is 23.2 Å². The molecule has 0 rings (SSSR count). The van der Waals surface area contributed by atoms with E-state index < -0.39 is 0 Å². The smallest absolute Gasteiger partial charge is 0.0982 e. The van der Waals surface area contributed by atoms with Crippen molar-refractivity contribution in [3.05, 3.63) is 11.1 Å². The van der Waals surface area contributed by atoms with Crippen LogP contribution in [-0.2, 0) is 0 Å². The van der Waals surface area contributed by atoms with Crippen molar-refractivity contribution in [2.24, 2.45) is 0 Å². The fourth-order valence-electron chi connectivity index (χ4n) is 0.427. The summed E-state index contributed by atoms with van der Waals surface area (Å²) in [5.41, 5.74) is 0. The van der Waals surface area contributed by atoms with Crippen molar-refractivity contribution in [2.75, 3.05) is 33.6 Å². The van der Waals surface area contributed by atoms with Gasteiger partial charge in [0.05, 0.1) is 33.6 Å². The molecule has 0 fully saturated rings. The molecule has 0 atom stereocenters. The summed E-state index contributed by atoms with van der Waals surface area (Å²) in [7, 11) is 6.32. The van der Waals surface area contributed by atoms with E-state index in [4.69, 9.17) is 23.2 Å². The van der Waals surface area contributed by atoms with Gasteiger partial charge in [-0.1, -0.05) is 11.6 Å². The Balaban J connectivity index is 0. The molecule has 0 spiro atoms.